The van der Waals surface area contributed by atoms with Crippen molar-refractivity contribution in [1.29, 1.82) is 0 Å². The number of ether oxygens (including phenoxy) is 2. The van der Waals surface area contributed by atoms with Crippen LogP contribution in [0.2, 0.25) is 0 Å². The number of hydrogen-bond donors (Lipinski definition) is 3. The van der Waals surface area contributed by atoms with Crippen LogP contribution in [0, 0.1) is 5.92 Å². The highest BCUT2D eigenvalue weighted by atomic mass is 19.3. The van der Waals surface area contributed by atoms with Gasteiger partial charge < -0.3 is 25.2 Å². The summed E-state index contributed by atoms with van der Waals surface area (Å²) in [6, 6.07) is 6.06. The van der Waals surface area contributed by atoms with Gasteiger partial charge in [-0.25, -0.2) is 13.6 Å². The summed E-state index contributed by atoms with van der Waals surface area (Å²) in [6.07, 6.45) is 11.3. The van der Waals surface area contributed by atoms with E-state index in [0.717, 1.165) is 44.1 Å². The summed E-state index contributed by atoms with van der Waals surface area (Å²) in [5, 5.41) is 16.8. The molecule has 0 aromatic heterocycles. The molecule has 0 aliphatic carbocycles. The number of halogens is 3. The van der Waals surface area contributed by atoms with Crippen LogP contribution in [0.25, 0.3) is 0 Å². The third-order valence-corrected chi connectivity index (χ3v) is 8.67. The number of carbonyl (C=O) groups is 3. The van der Waals surface area contributed by atoms with Crippen molar-refractivity contribution in [1.82, 2.24) is 10.6 Å². The minimum Gasteiger partial charge on any atom is -0.494 e. The molecule has 0 saturated heterocycles. The van der Waals surface area contributed by atoms with Crippen LogP contribution in [0.3, 0.4) is 0 Å². The molecule has 0 fully saturated rings. The zero-order valence-electron chi connectivity index (χ0n) is 32.0. The van der Waals surface area contributed by atoms with Crippen molar-refractivity contribution in [2.75, 3.05) is 20.3 Å². The third-order valence-electron chi connectivity index (χ3n) is 8.67. The van der Waals surface area contributed by atoms with Crippen LogP contribution in [0.5, 0.6) is 5.75 Å². The SMILES string of the molecule is CCCCCCCC(F)(F)CCCCCCC=C[C@H](C(=O)N[C@@H](Cc1ccc(OCCCC)cc1)C(=O)NC)[C@@](O)(CCF)C(=O)OC(C)(C)C. The van der Waals surface area contributed by atoms with Crippen LogP contribution in [0.1, 0.15) is 136 Å². The molecule has 3 N–H and O–H groups in total. The van der Waals surface area contributed by atoms with Crippen molar-refractivity contribution in [2.24, 2.45) is 5.92 Å². The number of alkyl halides is 3. The number of benzene rings is 1. The molecule has 0 bridgehead atoms. The van der Waals surface area contributed by atoms with E-state index in [0.29, 0.717) is 50.9 Å². The van der Waals surface area contributed by atoms with Gasteiger partial charge in [0.25, 0.3) is 0 Å². The second kappa shape index (κ2) is 24.2. The molecule has 292 valence electrons. The number of carbonyl (C=O) groups excluding carboxylic acids is 3. The van der Waals surface area contributed by atoms with Gasteiger partial charge in [-0.15, -0.1) is 0 Å². The molecule has 0 unspecified atom stereocenters. The molecule has 0 aliphatic rings. The van der Waals surface area contributed by atoms with Gasteiger partial charge in [0.2, 0.25) is 17.7 Å². The van der Waals surface area contributed by atoms with E-state index < -0.39 is 60.0 Å². The van der Waals surface area contributed by atoms with Gasteiger partial charge in [0.15, 0.2) is 5.60 Å². The van der Waals surface area contributed by atoms with Crippen molar-refractivity contribution in [3.05, 3.63) is 42.0 Å². The Labute approximate surface area is 304 Å². The Hall–Kier alpha value is -3.08. The van der Waals surface area contributed by atoms with Crippen molar-refractivity contribution >= 4 is 17.8 Å². The first-order valence-corrected chi connectivity index (χ1v) is 18.9. The van der Waals surface area contributed by atoms with E-state index in [2.05, 4.69) is 24.5 Å². The smallest absolute Gasteiger partial charge is 0.339 e. The molecule has 8 nitrogen and oxygen atoms in total. The number of allylic oxidation sites excluding steroid dienone is 1. The Kier molecular flexibility index (Phi) is 21.8. The predicted molar refractivity (Wildman–Crippen MR) is 197 cm³/mol. The van der Waals surface area contributed by atoms with E-state index in [-0.39, 0.29) is 19.3 Å². The van der Waals surface area contributed by atoms with Crippen LogP contribution in [0.4, 0.5) is 13.2 Å². The Morgan fingerprint density at radius 3 is 1.98 bits per heavy atom. The Bertz CT molecular complexity index is 1170. The first kappa shape index (κ1) is 45.9. The molecule has 0 radical (unpaired) electrons. The van der Waals surface area contributed by atoms with Crippen molar-refractivity contribution in [3.63, 3.8) is 0 Å². The molecule has 1 rings (SSSR count). The van der Waals surface area contributed by atoms with Crippen LogP contribution in [0.15, 0.2) is 36.4 Å². The topological polar surface area (TPSA) is 114 Å². The van der Waals surface area contributed by atoms with Gasteiger partial charge >= 0.3 is 5.97 Å². The molecular formula is C40H65F3N2O6. The highest BCUT2D eigenvalue weighted by Crippen LogP contribution is 2.30. The van der Waals surface area contributed by atoms with Gasteiger partial charge in [0.1, 0.15) is 17.4 Å². The van der Waals surface area contributed by atoms with Crippen molar-refractivity contribution in [3.8, 4) is 5.75 Å². The summed E-state index contributed by atoms with van der Waals surface area (Å²) < 4.78 is 53.5. The number of unbranched alkanes of at least 4 members (excludes halogenated alkanes) is 9. The van der Waals surface area contributed by atoms with Gasteiger partial charge in [-0.1, -0.05) is 83.1 Å². The maximum absolute atomic E-state index is 14.3. The molecule has 2 amide bonds. The summed E-state index contributed by atoms with van der Waals surface area (Å²) in [5.41, 5.74) is -2.86. The van der Waals surface area contributed by atoms with E-state index in [1.54, 1.807) is 51.1 Å². The lowest BCUT2D eigenvalue weighted by atomic mass is 9.82. The van der Waals surface area contributed by atoms with Gasteiger partial charge in [-0.05, 0) is 70.6 Å². The number of aliphatic hydroxyl groups is 1. The standard InChI is InChI=1S/C40H65F3N2O6/c1-7-9-11-15-18-25-39(42,43)26-19-16-13-12-14-17-20-33(40(49,27-28-41)37(48)51-38(3,4)5)35(46)45-34(36(47)44-6)30-31-21-23-32(24-22-31)50-29-10-8-2/h17,20-24,33-34,49H,7-16,18-19,25-30H2,1-6H3,(H,44,47)(H,45,46)/t33-,34+,40+/m1/s1. The average molecular weight is 727 g/mol. The van der Waals surface area contributed by atoms with Crippen molar-refractivity contribution in [2.45, 2.75) is 161 Å². The van der Waals surface area contributed by atoms with Gasteiger partial charge in [-0.2, -0.15) is 0 Å². The fourth-order valence-corrected chi connectivity index (χ4v) is 5.64. The molecule has 0 saturated carbocycles. The molecular weight excluding hydrogens is 661 g/mol. The molecule has 0 aliphatic heterocycles. The van der Waals surface area contributed by atoms with Crippen LogP contribution < -0.4 is 15.4 Å². The fourth-order valence-electron chi connectivity index (χ4n) is 5.64. The molecule has 0 spiro atoms. The molecule has 0 heterocycles. The lowest BCUT2D eigenvalue weighted by Gasteiger charge is -2.34. The zero-order chi connectivity index (χ0) is 38.3. The Balaban J connectivity index is 3.04. The second-order valence-electron chi connectivity index (χ2n) is 14.5. The number of amides is 2. The number of likely N-dealkylation sites (N-methyl/N-ethyl adjacent to an activating group) is 1. The molecule has 3 atom stereocenters. The number of nitrogens with one attached hydrogen (secondary N) is 2. The highest BCUT2D eigenvalue weighted by Gasteiger charge is 2.49. The first-order valence-electron chi connectivity index (χ1n) is 18.9. The highest BCUT2D eigenvalue weighted by molar-refractivity contribution is 5.94. The third kappa shape index (κ3) is 18.8. The predicted octanol–water partition coefficient (Wildman–Crippen LogP) is 8.58. The summed E-state index contributed by atoms with van der Waals surface area (Å²) in [5.74, 6) is -6.06. The number of esters is 1. The normalized spacial score (nSPS) is 14.5. The summed E-state index contributed by atoms with van der Waals surface area (Å²) in [7, 11) is 1.43. The van der Waals surface area contributed by atoms with E-state index in [1.165, 1.54) is 13.1 Å². The maximum Gasteiger partial charge on any atom is 0.339 e. The Morgan fingerprint density at radius 2 is 1.43 bits per heavy atom. The van der Waals surface area contributed by atoms with Gasteiger partial charge in [0, 0.05) is 32.7 Å². The molecule has 51 heavy (non-hydrogen) atoms. The fraction of sp³-hybridized carbons (Fsp3) is 0.725. The second-order valence-corrected chi connectivity index (χ2v) is 14.5. The maximum atomic E-state index is 14.3. The van der Waals surface area contributed by atoms with Crippen LogP contribution in [-0.2, 0) is 25.5 Å². The van der Waals surface area contributed by atoms with E-state index in [1.807, 2.05) is 0 Å². The minimum atomic E-state index is -2.66. The molecule has 11 heteroatoms. The van der Waals surface area contributed by atoms with E-state index in [4.69, 9.17) is 9.47 Å². The average Bonchev–Trinajstić information content (AvgIpc) is 3.06. The molecule has 1 aromatic carbocycles. The van der Waals surface area contributed by atoms with Gasteiger partial charge in [-0.3, -0.25) is 14.0 Å². The largest absolute Gasteiger partial charge is 0.494 e. The Morgan fingerprint density at radius 1 is 0.843 bits per heavy atom. The zero-order valence-corrected chi connectivity index (χ0v) is 32.0. The van der Waals surface area contributed by atoms with Crippen molar-refractivity contribution < 1.29 is 42.1 Å². The van der Waals surface area contributed by atoms with E-state index >= 15 is 0 Å². The van der Waals surface area contributed by atoms with Crippen LogP contribution in [-0.4, -0.2) is 66.4 Å². The summed E-state index contributed by atoms with van der Waals surface area (Å²) >= 11 is 0. The van der Waals surface area contributed by atoms with Gasteiger partial charge in [0.05, 0.1) is 19.2 Å². The monoisotopic (exact) mass is 726 g/mol. The van der Waals surface area contributed by atoms with E-state index in [9.17, 15) is 32.7 Å². The molecule has 1 aromatic rings. The summed E-state index contributed by atoms with van der Waals surface area (Å²) in [6.45, 7) is 8.42. The quantitative estimate of drug-likeness (QED) is 0.0476. The number of hydrogen-bond acceptors (Lipinski definition) is 6. The minimum absolute atomic E-state index is 0.0799. The van der Waals surface area contributed by atoms with Crippen LogP contribution >= 0.6 is 0 Å². The lowest BCUT2D eigenvalue weighted by Crippen LogP contribution is -2.57. The number of rotatable bonds is 27. The first-order chi connectivity index (χ1) is 24.1. The lowest BCUT2D eigenvalue weighted by molar-refractivity contribution is -0.184. The summed E-state index contributed by atoms with van der Waals surface area (Å²) in [4.78, 5) is 40.1.